The lowest BCUT2D eigenvalue weighted by Gasteiger charge is -2.50. The predicted molar refractivity (Wildman–Crippen MR) is 134 cm³/mol. The second kappa shape index (κ2) is 9.54. The molecule has 0 bridgehead atoms. The lowest BCUT2D eigenvalue weighted by molar-refractivity contribution is -0.128. The molecule has 0 aromatic heterocycles. The molecule has 2 N–H and O–H groups in total. The number of carbonyl (C=O) groups is 1. The molecule has 178 valence electrons. The van der Waals surface area contributed by atoms with Gasteiger partial charge in [-0.1, -0.05) is 47.5 Å². The molecule has 1 unspecified atom stereocenters. The molecule has 2 aliphatic heterocycles. The average Bonchev–Trinajstić information content (AvgIpc) is 3.04. The Bertz CT molecular complexity index is 974. The van der Waals surface area contributed by atoms with E-state index >= 15 is 0 Å². The molecule has 6 atom stereocenters. The first-order valence-corrected chi connectivity index (χ1v) is 13.2. The first-order chi connectivity index (χ1) is 15.9. The molecule has 1 aromatic rings. The van der Waals surface area contributed by atoms with Gasteiger partial charge in [-0.15, -0.1) is 11.6 Å². The van der Waals surface area contributed by atoms with Crippen LogP contribution in [0.2, 0.25) is 10.0 Å². The summed E-state index contributed by atoms with van der Waals surface area (Å²) >= 11 is 19.3. The molecule has 7 heteroatoms. The van der Waals surface area contributed by atoms with Crippen molar-refractivity contribution in [2.45, 2.75) is 67.9 Å². The molecule has 5 rings (SSSR count). The van der Waals surface area contributed by atoms with E-state index < -0.39 is 5.54 Å². The number of amides is 1. The van der Waals surface area contributed by atoms with E-state index in [0.29, 0.717) is 10.0 Å². The summed E-state index contributed by atoms with van der Waals surface area (Å²) in [5.41, 5.74) is 1.78. The third-order valence-corrected chi connectivity index (χ3v) is 8.93. The summed E-state index contributed by atoms with van der Waals surface area (Å²) in [6.45, 7) is 3.63. The highest BCUT2D eigenvalue weighted by molar-refractivity contribution is 6.35. The minimum Gasteiger partial charge on any atom is -0.381 e. The molecule has 33 heavy (non-hydrogen) atoms. The highest BCUT2D eigenvalue weighted by atomic mass is 35.5. The molecule has 1 saturated carbocycles. The number of hydrogen-bond donors (Lipinski definition) is 2. The maximum Gasteiger partial charge on any atom is 0.240 e. The number of alkyl halides is 1. The minimum atomic E-state index is -0.589. The predicted octanol–water partition coefficient (Wildman–Crippen LogP) is 5.62. The SMILES string of the molecule is C[C@H]1NC(=O)[C@]2(NC3CCOCC3)CC[C@@H](c3ccc(Cl)cc3Cl)[C@H](C3=CCC(Cl)C=C3)[C@H]12. The van der Waals surface area contributed by atoms with E-state index in [4.69, 9.17) is 39.5 Å². The van der Waals surface area contributed by atoms with Gasteiger partial charge in [-0.3, -0.25) is 4.79 Å². The zero-order chi connectivity index (χ0) is 23.2. The second-order valence-electron chi connectivity index (χ2n) is 9.94. The van der Waals surface area contributed by atoms with Crippen LogP contribution in [0.4, 0.5) is 0 Å². The highest BCUT2D eigenvalue weighted by Gasteiger charge is 2.61. The largest absolute Gasteiger partial charge is 0.381 e. The molecule has 3 fully saturated rings. The number of rotatable bonds is 4. The Morgan fingerprint density at radius 3 is 2.67 bits per heavy atom. The van der Waals surface area contributed by atoms with E-state index in [9.17, 15) is 4.79 Å². The highest BCUT2D eigenvalue weighted by Crippen LogP contribution is 2.55. The van der Waals surface area contributed by atoms with Crippen molar-refractivity contribution < 1.29 is 9.53 Å². The maximum atomic E-state index is 13.5. The van der Waals surface area contributed by atoms with E-state index in [1.54, 1.807) is 0 Å². The van der Waals surface area contributed by atoms with Gasteiger partial charge in [0, 0.05) is 41.3 Å². The number of fused-ring (bicyclic) bond motifs is 1. The molecule has 4 nitrogen and oxygen atoms in total. The van der Waals surface area contributed by atoms with Crippen LogP contribution in [0, 0.1) is 11.8 Å². The van der Waals surface area contributed by atoms with Gasteiger partial charge in [-0.2, -0.15) is 0 Å². The fourth-order valence-electron chi connectivity index (χ4n) is 6.60. The van der Waals surface area contributed by atoms with Gasteiger partial charge >= 0.3 is 0 Å². The number of allylic oxidation sites excluding steroid dienone is 4. The third kappa shape index (κ3) is 4.38. The molecule has 2 aliphatic carbocycles. The van der Waals surface area contributed by atoms with Crippen LogP contribution in [-0.2, 0) is 9.53 Å². The first-order valence-electron chi connectivity index (χ1n) is 12.0. The fraction of sp³-hybridized carbons (Fsp3) is 0.577. The van der Waals surface area contributed by atoms with Gasteiger partial charge in [0.15, 0.2) is 0 Å². The van der Waals surface area contributed by atoms with Gasteiger partial charge in [0.2, 0.25) is 5.91 Å². The zero-order valence-electron chi connectivity index (χ0n) is 18.8. The van der Waals surface area contributed by atoms with Crippen LogP contribution in [0.3, 0.4) is 0 Å². The van der Waals surface area contributed by atoms with E-state index in [-0.39, 0.29) is 41.1 Å². The van der Waals surface area contributed by atoms with E-state index in [1.165, 1.54) is 5.57 Å². The van der Waals surface area contributed by atoms with Crippen LogP contribution in [0.15, 0.2) is 42.0 Å². The average molecular weight is 510 g/mol. The fourth-order valence-corrected chi connectivity index (χ4v) is 7.31. The summed E-state index contributed by atoms with van der Waals surface area (Å²) in [7, 11) is 0. The van der Waals surface area contributed by atoms with Crippen LogP contribution in [-0.4, -0.2) is 42.1 Å². The van der Waals surface area contributed by atoms with E-state index in [1.807, 2.05) is 12.1 Å². The number of ether oxygens (including phenoxy) is 1. The summed E-state index contributed by atoms with van der Waals surface area (Å²) in [6, 6.07) is 6.15. The topological polar surface area (TPSA) is 50.4 Å². The quantitative estimate of drug-likeness (QED) is 0.518. The second-order valence-corrected chi connectivity index (χ2v) is 11.3. The van der Waals surface area contributed by atoms with Crippen LogP contribution < -0.4 is 10.6 Å². The van der Waals surface area contributed by atoms with Crippen molar-refractivity contribution in [1.29, 1.82) is 0 Å². The molecule has 2 saturated heterocycles. The van der Waals surface area contributed by atoms with Crippen LogP contribution in [0.25, 0.3) is 0 Å². The molecule has 1 amide bonds. The summed E-state index contributed by atoms with van der Waals surface area (Å²) in [4.78, 5) is 13.5. The Labute approximate surface area is 211 Å². The van der Waals surface area contributed by atoms with Gasteiger partial charge in [-0.05, 0) is 74.1 Å². The lowest BCUT2D eigenvalue weighted by Crippen LogP contribution is -2.63. The monoisotopic (exact) mass is 508 g/mol. The summed E-state index contributed by atoms with van der Waals surface area (Å²) in [5.74, 6) is 0.565. The maximum absolute atomic E-state index is 13.5. The van der Waals surface area contributed by atoms with Crippen molar-refractivity contribution in [3.05, 3.63) is 57.6 Å². The van der Waals surface area contributed by atoms with Crippen LogP contribution in [0.5, 0.6) is 0 Å². The van der Waals surface area contributed by atoms with E-state index in [0.717, 1.165) is 50.9 Å². The van der Waals surface area contributed by atoms with Gasteiger partial charge in [0.25, 0.3) is 0 Å². The zero-order valence-corrected chi connectivity index (χ0v) is 21.1. The summed E-state index contributed by atoms with van der Waals surface area (Å²) in [5, 5.41) is 8.51. The lowest BCUT2D eigenvalue weighted by atomic mass is 9.57. The Balaban J connectivity index is 1.57. The number of carbonyl (C=O) groups excluding carboxylic acids is 1. The summed E-state index contributed by atoms with van der Waals surface area (Å²) in [6.07, 6.45) is 10.8. The number of hydrogen-bond acceptors (Lipinski definition) is 3. The Morgan fingerprint density at radius 1 is 1.18 bits per heavy atom. The molecule has 2 heterocycles. The van der Waals surface area contributed by atoms with E-state index in [2.05, 4.69) is 41.9 Å². The van der Waals surface area contributed by atoms with Gasteiger partial charge < -0.3 is 15.4 Å². The standard InChI is InChI=1S/C26H31Cl3N2O2/c1-15-24-23(16-2-4-17(27)5-3-16)21(20-7-6-18(28)14-22(20)29)8-11-26(24,25(32)30-15)31-19-9-12-33-13-10-19/h2-4,6-7,14-15,17,19,21,23-24,31H,5,8-13H2,1H3,(H,30,32)/t15-,17?,21+,23+,24+,26+/m1/s1. The summed E-state index contributed by atoms with van der Waals surface area (Å²) < 4.78 is 5.57. The third-order valence-electron chi connectivity index (χ3n) is 8.05. The molecular formula is C26H31Cl3N2O2. The molecule has 1 aromatic carbocycles. The Kier molecular flexibility index (Phi) is 6.85. The van der Waals surface area contributed by atoms with Crippen LogP contribution >= 0.6 is 34.8 Å². The smallest absolute Gasteiger partial charge is 0.240 e. The van der Waals surface area contributed by atoms with Crippen LogP contribution in [0.1, 0.15) is 50.5 Å². The van der Waals surface area contributed by atoms with Crippen molar-refractivity contribution in [2.24, 2.45) is 11.8 Å². The normalized spacial score (nSPS) is 36.9. The van der Waals surface area contributed by atoms with Crippen molar-refractivity contribution in [1.82, 2.24) is 10.6 Å². The minimum absolute atomic E-state index is 0.0146. The Morgan fingerprint density at radius 2 is 1.97 bits per heavy atom. The molecule has 0 spiro atoms. The van der Waals surface area contributed by atoms with Crippen molar-refractivity contribution in [3.8, 4) is 0 Å². The molecule has 4 aliphatic rings. The van der Waals surface area contributed by atoms with Gasteiger partial charge in [0.1, 0.15) is 5.54 Å². The number of nitrogens with one attached hydrogen (secondary N) is 2. The Hall–Kier alpha value is -1.04. The first kappa shape index (κ1) is 23.7. The van der Waals surface area contributed by atoms with Crippen molar-refractivity contribution in [2.75, 3.05) is 13.2 Å². The molecular weight excluding hydrogens is 479 g/mol. The van der Waals surface area contributed by atoms with Gasteiger partial charge in [-0.25, -0.2) is 0 Å². The van der Waals surface area contributed by atoms with Gasteiger partial charge in [0.05, 0.1) is 5.38 Å². The molecule has 0 radical (unpaired) electrons. The van der Waals surface area contributed by atoms with Crippen molar-refractivity contribution >= 4 is 40.7 Å². The number of halogens is 3. The number of benzene rings is 1. The van der Waals surface area contributed by atoms with Crippen molar-refractivity contribution in [3.63, 3.8) is 0 Å².